The first-order chi connectivity index (χ1) is 12.9. The number of carbonyl (C=O) groups excluding carboxylic acids is 1. The van der Waals surface area contributed by atoms with Gasteiger partial charge in [-0.2, -0.15) is 0 Å². The number of nitrogens with one attached hydrogen (secondary N) is 2. The summed E-state index contributed by atoms with van der Waals surface area (Å²) in [5, 5.41) is 2.49. The Bertz CT molecular complexity index is 970. The molecule has 0 fully saturated rings. The first-order valence-corrected chi connectivity index (χ1v) is 10.4. The van der Waals surface area contributed by atoms with E-state index < -0.39 is 15.9 Å². The van der Waals surface area contributed by atoms with Crippen molar-refractivity contribution in [3.63, 3.8) is 0 Å². The van der Waals surface area contributed by atoms with Crippen molar-refractivity contribution in [2.24, 2.45) is 0 Å². The fourth-order valence-corrected chi connectivity index (χ4v) is 4.65. The molecule has 2 aromatic rings. The molecule has 27 heavy (non-hydrogen) atoms. The highest BCUT2D eigenvalue weighted by atomic mass is 32.2. The summed E-state index contributed by atoms with van der Waals surface area (Å²) in [7, 11) is -0.879. The van der Waals surface area contributed by atoms with Crippen LogP contribution in [0.3, 0.4) is 0 Å². The molecule has 0 bridgehead atoms. The Labute approximate surface area is 160 Å². The molecule has 0 heterocycles. The number of carbonyl (C=O) groups is 1. The van der Waals surface area contributed by atoms with Crippen LogP contribution in [0, 0.1) is 0 Å². The molecule has 144 valence electrons. The van der Waals surface area contributed by atoms with E-state index in [4.69, 9.17) is 4.74 Å². The molecule has 0 spiro atoms. The molecule has 2 aromatic carbocycles. The Balaban J connectivity index is 1.87. The van der Waals surface area contributed by atoms with Crippen LogP contribution in [0.25, 0.3) is 0 Å². The second-order valence-corrected chi connectivity index (χ2v) is 8.38. The van der Waals surface area contributed by atoms with E-state index in [0.717, 1.165) is 24.8 Å². The van der Waals surface area contributed by atoms with Gasteiger partial charge >= 0.3 is 0 Å². The first kappa shape index (κ1) is 19.4. The standard InChI is InChI=1S/C20H24N2O4S/c1-13(15-8-7-14-5-4-6-16(14)11-15)22-27(24,25)17-9-10-19(26-3)18(12-17)20(23)21-2/h7-13,22H,4-6H2,1-3H3,(H,21,23). The summed E-state index contributed by atoms with van der Waals surface area (Å²) in [5.74, 6) is -0.0875. The van der Waals surface area contributed by atoms with Gasteiger partial charge in [-0.05, 0) is 61.1 Å². The van der Waals surface area contributed by atoms with Crippen molar-refractivity contribution < 1.29 is 17.9 Å². The third-order valence-corrected chi connectivity index (χ3v) is 6.45. The summed E-state index contributed by atoms with van der Waals surface area (Å²) in [6.07, 6.45) is 3.27. The Kier molecular flexibility index (Phi) is 5.53. The third kappa shape index (κ3) is 3.99. The monoisotopic (exact) mass is 388 g/mol. The van der Waals surface area contributed by atoms with E-state index in [0.29, 0.717) is 5.75 Å². The number of fused-ring (bicyclic) bond motifs is 1. The normalized spacial score (nSPS) is 14.5. The molecule has 3 rings (SSSR count). The van der Waals surface area contributed by atoms with Gasteiger partial charge in [-0.1, -0.05) is 18.2 Å². The van der Waals surface area contributed by atoms with Crippen molar-refractivity contribution in [1.82, 2.24) is 10.0 Å². The van der Waals surface area contributed by atoms with Gasteiger partial charge in [-0.3, -0.25) is 4.79 Å². The largest absolute Gasteiger partial charge is 0.496 e. The zero-order valence-corrected chi connectivity index (χ0v) is 16.5. The zero-order chi connectivity index (χ0) is 19.6. The second kappa shape index (κ2) is 7.70. The molecule has 0 saturated carbocycles. The van der Waals surface area contributed by atoms with Crippen molar-refractivity contribution in [2.45, 2.75) is 37.1 Å². The number of amides is 1. The molecule has 0 radical (unpaired) electrons. The summed E-state index contributed by atoms with van der Waals surface area (Å²) >= 11 is 0. The molecule has 1 atom stereocenters. The number of ether oxygens (including phenoxy) is 1. The topological polar surface area (TPSA) is 84.5 Å². The molecule has 1 amide bonds. The minimum absolute atomic E-state index is 0.0231. The zero-order valence-electron chi connectivity index (χ0n) is 15.7. The summed E-state index contributed by atoms with van der Waals surface area (Å²) in [4.78, 5) is 12.0. The van der Waals surface area contributed by atoms with Crippen LogP contribution in [-0.4, -0.2) is 28.5 Å². The number of hydrogen-bond donors (Lipinski definition) is 2. The molecule has 6 nitrogen and oxygen atoms in total. The number of rotatable bonds is 6. The number of methoxy groups -OCH3 is 1. The molecule has 7 heteroatoms. The van der Waals surface area contributed by atoms with Crippen molar-refractivity contribution in [3.05, 3.63) is 58.7 Å². The highest BCUT2D eigenvalue weighted by molar-refractivity contribution is 7.89. The molecule has 1 aliphatic carbocycles. The first-order valence-electron chi connectivity index (χ1n) is 8.90. The molecule has 0 saturated heterocycles. The van der Waals surface area contributed by atoms with Crippen molar-refractivity contribution >= 4 is 15.9 Å². The lowest BCUT2D eigenvalue weighted by Gasteiger charge is -2.17. The van der Waals surface area contributed by atoms with Crippen LogP contribution in [0.1, 0.15) is 46.4 Å². The fourth-order valence-electron chi connectivity index (χ4n) is 3.40. The highest BCUT2D eigenvalue weighted by Gasteiger charge is 2.22. The van der Waals surface area contributed by atoms with Crippen LogP contribution < -0.4 is 14.8 Å². The smallest absolute Gasteiger partial charge is 0.254 e. The van der Waals surface area contributed by atoms with Gasteiger partial charge in [0.1, 0.15) is 5.75 Å². The molecular formula is C20H24N2O4S. The van der Waals surface area contributed by atoms with E-state index in [1.54, 1.807) is 0 Å². The molecule has 1 aliphatic rings. The van der Waals surface area contributed by atoms with Crippen LogP contribution in [0.15, 0.2) is 41.3 Å². The molecular weight excluding hydrogens is 364 g/mol. The van der Waals surface area contributed by atoms with Gasteiger partial charge in [-0.15, -0.1) is 0 Å². The van der Waals surface area contributed by atoms with Crippen LogP contribution in [0.5, 0.6) is 5.75 Å². The van der Waals surface area contributed by atoms with Crippen LogP contribution in [-0.2, 0) is 22.9 Å². The van der Waals surface area contributed by atoms with Gasteiger partial charge in [0.15, 0.2) is 0 Å². The average molecular weight is 388 g/mol. The molecule has 1 unspecified atom stereocenters. The molecule has 2 N–H and O–H groups in total. The van der Waals surface area contributed by atoms with Gasteiger partial charge in [0.2, 0.25) is 10.0 Å². The number of aryl methyl sites for hydroxylation is 2. The van der Waals surface area contributed by atoms with E-state index in [-0.39, 0.29) is 16.5 Å². The van der Waals surface area contributed by atoms with E-state index in [1.807, 2.05) is 13.0 Å². The quantitative estimate of drug-likeness (QED) is 0.797. The maximum Gasteiger partial charge on any atom is 0.254 e. The van der Waals surface area contributed by atoms with Crippen LogP contribution >= 0.6 is 0 Å². The maximum atomic E-state index is 12.8. The Morgan fingerprint density at radius 1 is 1.11 bits per heavy atom. The van der Waals surface area contributed by atoms with E-state index in [9.17, 15) is 13.2 Å². The van der Waals surface area contributed by atoms with Gasteiger partial charge in [0, 0.05) is 13.1 Å². The van der Waals surface area contributed by atoms with Gasteiger partial charge in [0.05, 0.1) is 17.6 Å². The van der Waals surface area contributed by atoms with Crippen molar-refractivity contribution in [2.75, 3.05) is 14.2 Å². The van der Waals surface area contributed by atoms with Gasteiger partial charge in [0.25, 0.3) is 5.91 Å². The van der Waals surface area contributed by atoms with Gasteiger partial charge in [-0.25, -0.2) is 13.1 Å². The highest BCUT2D eigenvalue weighted by Crippen LogP contribution is 2.27. The Hall–Kier alpha value is -2.38. The van der Waals surface area contributed by atoms with E-state index in [2.05, 4.69) is 22.2 Å². The SMILES string of the molecule is CNC(=O)c1cc(S(=O)(=O)NC(C)c2ccc3c(c2)CCC3)ccc1OC. The summed E-state index contributed by atoms with van der Waals surface area (Å²) < 4.78 is 33.5. The molecule has 0 aromatic heterocycles. The minimum Gasteiger partial charge on any atom is -0.496 e. The number of benzene rings is 2. The summed E-state index contributed by atoms with van der Waals surface area (Å²) in [6, 6.07) is 10.0. The Morgan fingerprint density at radius 2 is 1.85 bits per heavy atom. The lowest BCUT2D eigenvalue weighted by molar-refractivity contribution is 0.0960. The lowest BCUT2D eigenvalue weighted by atomic mass is 10.0. The summed E-state index contributed by atoms with van der Waals surface area (Å²) in [6.45, 7) is 1.82. The maximum absolute atomic E-state index is 12.8. The fraction of sp³-hybridized carbons (Fsp3) is 0.350. The second-order valence-electron chi connectivity index (χ2n) is 6.67. The van der Waals surface area contributed by atoms with Crippen molar-refractivity contribution in [3.8, 4) is 5.75 Å². The predicted molar refractivity (Wildman–Crippen MR) is 104 cm³/mol. The van der Waals surface area contributed by atoms with Gasteiger partial charge < -0.3 is 10.1 Å². The van der Waals surface area contributed by atoms with Crippen LogP contribution in [0.4, 0.5) is 0 Å². The number of hydrogen-bond acceptors (Lipinski definition) is 4. The molecule has 0 aliphatic heterocycles. The van der Waals surface area contributed by atoms with E-state index >= 15 is 0 Å². The van der Waals surface area contributed by atoms with Crippen molar-refractivity contribution in [1.29, 1.82) is 0 Å². The van der Waals surface area contributed by atoms with Crippen LogP contribution in [0.2, 0.25) is 0 Å². The Morgan fingerprint density at radius 3 is 2.56 bits per heavy atom. The average Bonchev–Trinajstić information content (AvgIpc) is 3.14. The third-order valence-electron chi connectivity index (χ3n) is 4.91. The minimum atomic E-state index is -3.80. The summed E-state index contributed by atoms with van der Waals surface area (Å²) in [5.41, 5.74) is 3.75. The number of sulfonamides is 1. The van der Waals surface area contributed by atoms with E-state index in [1.165, 1.54) is 43.5 Å². The predicted octanol–water partition coefficient (Wildman–Crippen LogP) is 2.58. The lowest BCUT2D eigenvalue weighted by Crippen LogP contribution is -2.27.